The van der Waals surface area contributed by atoms with Gasteiger partial charge < -0.3 is 28.8 Å². The molecule has 1 aromatic carbocycles. The lowest BCUT2D eigenvalue weighted by Crippen LogP contribution is -2.17. The van der Waals surface area contributed by atoms with E-state index in [1.165, 1.54) is 11.8 Å². The minimum absolute atomic E-state index is 0.0163. The van der Waals surface area contributed by atoms with Crippen LogP contribution in [0.15, 0.2) is 23.4 Å². The largest absolute Gasteiger partial charge is 0.493 e. The number of hydrogen-bond acceptors (Lipinski definition) is 11. The Labute approximate surface area is 235 Å². The second-order valence-electron chi connectivity index (χ2n) is 8.05. The highest BCUT2D eigenvalue weighted by atomic mass is 32.2. The number of carbonyl (C=O) groups excluding carboxylic acids is 3. The Morgan fingerprint density at radius 3 is 2.33 bits per heavy atom. The van der Waals surface area contributed by atoms with Gasteiger partial charge in [0, 0.05) is 13.0 Å². The van der Waals surface area contributed by atoms with E-state index in [0.717, 1.165) is 22.7 Å². The highest BCUT2D eigenvalue weighted by Gasteiger charge is 2.27. The molecule has 11 nitrogen and oxygen atoms in total. The number of anilines is 1. The van der Waals surface area contributed by atoms with E-state index in [1.807, 2.05) is 29.7 Å². The number of rotatable bonds is 13. The zero-order chi connectivity index (χ0) is 28.5. The normalized spacial score (nSPS) is 10.7. The van der Waals surface area contributed by atoms with Crippen molar-refractivity contribution in [2.24, 2.45) is 0 Å². The van der Waals surface area contributed by atoms with Gasteiger partial charge in [-0.15, -0.1) is 21.5 Å². The molecular weight excluding hydrogens is 544 g/mol. The Morgan fingerprint density at radius 2 is 1.69 bits per heavy atom. The smallest absolute Gasteiger partial charge is 0.348 e. The van der Waals surface area contributed by atoms with Crippen LogP contribution in [-0.2, 0) is 27.2 Å². The number of nitrogens with one attached hydrogen (secondary N) is 1. The number of carbonyl (C=O) groups is 3. The van der Waals surface area contributed by atoms with Gasteiger partial charge in [-0.3, -0.25) is 4.79 Å². The quantitative estimate of drug-likeness (QED) is 0.231. The molecule has 1 amide bonds. The molecule has 3 aromatic rings. The second-order valence-corrected chi connectivity index (χ2v) is 10.0. The van der Waals surface area contributed by atoms with Crippen molar-refractivity contribution in [2.75, 3.05) is 38.5 Å². The summed E-state index contributed by atoms with van der Waals surface area (Å²) in [6.07, 6.45) is 0.516. The minimum Gasteiger partial charge on any atom is -0.493 e. The molecule has 0 aliphatic heterocycles. The molecule has 2 heterocycles. The lowest BCUT2D eigenvalue weighted by molar-refractivity contribution is -0.113. The van der Waals surface area contributed by atoms with Gasteiger partial charge in [0.15, 0.2) is 16.7 Å². The van der Waals surface area contributed by atoms with Gasteiger partial charge in [-0.2, -0.15) is 0 Å². The molecule has 0 unspecified atom stereocenters. The molecule has 39 heavy (non-hydrogen) atoms. The third-order valence-corrected chi connectivity index (χ3v) is 7.75. The van der Waals surface area contributed by atoms with Crippen molar-refractivity contribution in [1.82, 2.24) is 14.8 Å². The maximum atomic E-state index is 12.9. The van der Waals surface area contributed by atoms with E-state index in [9.17, 15) is 14.4 Å². The molecule has 0 radical (unpaired) electrons. The number of nitrogens with zero attached hydrogens (tertiary/aromatic N) is 3. The monoisotopic (exact) mass is 576 g/mol. The molecule has 13 heteroatoms. The van der Waals surface area contributed by atoms with E-state index >= 15 is 0 Å². The van der Waals surface area contributed by atoms with Crippen molar-refractivity contribution < 1.29 is 33.3 Å². The van der Waals surface area contributed by atoms with E-state index in [-0.39, 0.29) is 40.3 Å². The Hall–Kier alpha value is -3.58. The number of benzene rings is 1. The van der Waals surface area contributed by atoms with Crippen LogP contribution in [0.25, 0.3) is 0 Å². The van der Waals surface area contributed by atoms with Crippen molar-refractivity contribution in [2.45, 2.75) is 45.8 Å². The molecule has 0 aliphatic rings. The maximum absolute atomic E-state index is 12.9. The topological polar surface area (TPSA) is 131 Å². The summed E-state index contributed by atoms with van der Waals surface area (Å²) < 4.78 is 22.9. The third-order valence-electron chi connectivity index (χ3n) is 5.59. The van der Waals surface area contributed by atoms with Gasteiger partial charge in [0.05, 0.1) is 38.7 Å². The van der Waals surface area contributed by atoms with E-state index < -0.39 is 11.9 Å². The number of thiophene rings is 1. The van der Waals surface area contributed by atoms with Crippen molar-refractivity contribution in [3.05, 3.63) is 45.6 Å². The Balaban J connectivity index is 1.74. The van der Waals surface area contributed by atoms with Gasteiger partial charge in [0.25, 0.3) is 0 Å². The van der Waals surface area contributed by atoms with Crippen LogP contribution in [0, 0.1) is 6.92 Å². The lowest BCUT2D eigenvalue weighted by atomic mass is 10.1. The summed E-state index contributed by atoms with van der Waals surface area (Å²) in [5, 5.41) is 12.2. The fourth-order valence-electron chi connectivity index (χ4n) is 3.78. The van der Waals surface area contributed by atoms with Crippen LogP contribution in [0.3, 0.4) is 0 Å². The van der Waals surface area contributed by atoms with E-state index in [2.05, 4.69) is 15.5 Å². The summed E-state index contributed by atoms with van der Waals surface area (Å²) in [5.74, 6) is 0.485. The van der Waals surface area contributed by atoms with E-state index in [4.69, 9.17) is 18.9 Å². The first-order valence-corrected chi connectivity index (χ1v) is 14.1. The molecule has 1 N–H and O–H groups in total. The number of ether oxygens (including phenoxy) is 4. The highest BCUT2D eigenvalue weighted by molar-refractivity contribution is 7.99. The first-order chi connectivity index (χ1) is 18.8. The second kappa shape index (κ2) is 14.0. The molecule has 0 spiro atoms. The average Bonchev–Trinajstić information content (AvgIpc) is 3.46. The van der Waals surface area contributed by atoms with Crippen molar-refractivity contribution in [1.29, 1.82) is 0 Å². The van der Waals surface area contributed by atoms with Crippen molar-refractivity contribution in [3.8, 4) is 11.5 Å². The summed E-state index contributed by atoms with van der Waals surface area (Å²) >= 11 is 2.21. The van der Waals surface area contributed by atoms with Gasteiger partial charge >= 0.3 is 11.9 Å². The SMILES string of the molecule is CCOC(=O)c1sc(NC(=O)CSc2nnc(Cc3ccc(OC)c(OC)c3)n2CC)c(C(=O)OCC)c1C. The first-order valence-electron chi connectivity index (χ1n) is 12.3. The fourth-order valence-corrected chi connectivity index (χ4v) is 5.71. The maximum Gasteiger partial charge on any atom is 0.348 e. The Bertz CT molecular complexity index is 1340. The number of esters is 2. The summed E-state index contributed by atoms with van der Waals surface area (Å²) in [7, 11) is 3.17. The molecule has 0 saturated carbocycles. The molecular formula is C26H32N4O7S2. The molecule has 0 atom stereocenters. The standard InChI is InChI=1S/C26H32N4O7S2/c1-7-30-19(13-16-10-11-17(34-5)18(12-16)35-6)28-29-26(30)38-14-20(31)27-23-21(24(32)36-8-2)15(4)22(39-23)25(33)37-9-3/h10-12H,7-9,13-14H2,1-6H3,(H,27,31). The predicted octanol–water partition coefficient (Wildman–Crippen LogP) is 4.36. The van der Waals surface area contributed by atoms with Crippen LogP contribution < -0.4 is 14.8 Å². The van der Waals surface area contributed by atoms with Crippen LogP contribution in [0.5, 0.6) is 11.5 Å². The number of hydrogen-bond donors (Lipinski definition) is 1. The molecule has 3 rings (SSSR count). The molecule has 2 aromatic heterocycles. The van der Waals surface area contributed by atoms with Gasteiger partial charge in [0.1, 0.15) is 15.7 Å². The predicted molar refractivity (Wildman–Crippen MR) is 148 cm³/mol. The van der Waals surface area contributed by atoms with Crippen LogP contribution in [0.2, 0.25) is 0 Å². The number of amides is 1. The minimum atomic E-state index is -0.615. The molecule has 0 saturated heterocycles. The lowest BCUT2D eigenvalue weighted by Gasteiger charge is -2.11. The summed E-state index contributed by atoms with van der Waals surface area (Å²) in [5.41, 5.74) is 1.53. The molecule has 0 aliphatic carbocycles. The van der Waals surface area contributed by atoms with Gasteiger partial charge in [-0.05, 0) is 51.0 Å². The van der Waals surface area contributed by atoms with Crippen LogP contribution in [0.4, 0.5) is 5.00 Å². The number of thioether (sulfide) groups is 1. The van der Waals surface area contributed by atoms with E-state index in [0.29, 0.717) is 35.2 Å². The number of aromatic nitrogens is 3. The van der Waals surface area contributed by atoms with Gasteiger partial charge in [-0.25, -0.2) is 9.59 Å². The Morgan fingerprint density at radius 1 is 1.00 bits per heavy atom. The van der Waals surface area contributed by atoms with Crippen LogP contribution in [-0.4, -0.2) is 65.8 Å². The molecule has 210 valence electrons. The van der Waals surface area contributed by atoms with Crippen LogP contribution >= 0.6 is 23.1 Å². The van der Waals surface area contributed by atoms with Gasteiger partial charge in [0.2, 0.25) is 5.91 Å². The summed E-state index contributed by atoms with van der Waals surface area (Å²) in [4.78, 5) is 38.1. The van der Waals surface area contributed by atoms with Crippen molar-refractivity contribution in [3.63, 3.8) is 0 Å². The fraction of sp³-hybridized carbons (Fsp3) is 0.423. The summed E-state index contributed by atoms with van der Waals surface area (Å²) in [6, 6.07) is 5.67. The summed E-state index contributed by atoms with van der Waals surface area (Å²) in [6.45, 7) is 7.94. The zero-order valence-electron chi connectivity index (χ0n) is 22.8. The third kappa shape index (κ3) is 7.09. The Kier molecular flexibility index (Phi) is 10.8. The van der Waals surface area contributed by atoms with Gasteiger partial charge in [-0.1, -0.05) is 17.8 Å². The highest BCUT2D eigenvalue weighted by Crippen LogP contribution is 2.35. The molecule has 0 bridgehead atoms. The van der Waals surface area contributed by atoms with Crippen molar-refractivity contribution >= 4 is 45.9 Å². The first kappa shape index (κ1) is 30.0. The van der Waals surface area contributed by atoms with Crippen LogP contribution in [0.1, 0.15) is 57.8 Å². The number of methoxy groups -OCH3 is 2. The molecule has 0 fully saturated rings. The van der Waals surface area contributed by atoms with E-state index in [1.54, 1.807) is 35.0 Å². The zero-order valence-corrected chi connectivity index (χ0v) is 24.4. The average molecular weight is 577 g/mol.